The summed E-state index contributed by atoms with van der Waals surface area (Å²) in [6.45, 7) is 2.04. The van der Waals surface area contributed by atoms with Gasteiger partial charge >= 0.3 is 0 Å². The van der Waals surface area contributed by atoms with Crippen LogP contribution in [-0.2, 0) is 0 Å². The molecule has 0 spiro atoms. The minimum atomic E-state index is -0.364. The van der Waals surface area contributed by atoms with Crippen molar-refractivity contribution in [2.45, 2.75) is 41.3 Å². The second kappa shape index (κ2) is 4.37. The predicted molar refractivity (Wildman–Crippen MR) is 62.1 cm³/mol. The third-order valence-electron chi connectivity index (χ3n) is 2.69. The molecular weight excluding hydrogens is 230 g/mol. The molecular formula is C9H15N3OS2. The number of nitrogens with zero attached hydrogens (tertiary/aromatic N) is 2. The Morgan fingerprint density at radius 3 is 3.00 bits per heavy atom. The van der Waals surface area contributed by atoms with Gasteiger partial charge in [-0.25, -0.2) is 0 Å². The topological polar surface area (TPSA) is 72.0 Å². The fourth-order valence-corrected chi connectivity index (χ4v) is 4.22. The van der Waals surface area contributed by atoms with Gasteiger partial charge in [-0.2, -0.15) is 0 Å². The molecule has 6 heteroatoms. The summed E-state index contributed by atoms with van der Waals surface area (Å²) >= 11 is 3.36. The number of rotatable bonds is 3. The molecule has 2 atom stereocenters. The number of hydrogen-bond acceptors (Lipinski definition) is 6. The molecule has 1 heterocycles. The minimum absolute atomic E-state index is 0.0825. The SMILES string of the molecule is Cc1nnc(SC2CCC(N)(CO)C2)s1. The molecule has 2 unspecified atom stereocenters. The molecule has 0 aromatic carbocycles. The second-order valence-corrected chi connectivity index (χ2v) is 6.82. The van der Waals surface area contributed by atoms with Gasteiger partial charge in [0, 0.05) is 10.8 Å². The molecule has 0 aliphatic heterocycles. The van der Waals surface area contributed by atoms with E-state index in [2.05, 4.69) is 10.2 Å². The average molecular weight is 245 g/mol. The first kappa shape index (κ1) is 11.3. The number of aliphatic hydroxyl groups excluding tert-OH is 1. The lowest BCUT2D eigenvalue weighted by Crippen LogP contribution is -2.40. The normalized spacial score (nSPS) is 31.0. The van der Waals surface area contributed by atoms with Crippen molar-refractivity contribution in [2.24, 2.45) is 5.73 Å². The van der Waals surface area contributed by atoms with E-state index in [0.29, 0.717) is 5.25 Å². The van der Waals surface area contributed by atoms with Gasteiger partial charge in [-0.1, -0.05) is 23.1 Å². The number of hydrogen-bond donors (Lipinski definition) is 2. The van der Waals surface area contributed by atoms with Crippen molar-refractivity contribution in [3.63, 3.8) is 0 Å². The number of aliphatic hydroxyl groups is 1. The number of aryl methyl sites for hydroxylation is 1. The van der Waals surface area contributed by atoms with Gasteiger partial charge in [0.25, 0.3) is 0 Å². The van der Waals surface area contributed by atoms with E-state index >= 15 is 0 Å². The summed E-state index contributed by atoms with van der Waals surface area (Å²) in [5, 5.41) is 18.7. The van der Waals surface area contributed by atoms with Crippen LogP contribution >= 0.6 is 23.1 Å². The molecule has 0 amide bonds. The molecule has 1 aliphatic carbocycles. The van der Waals surface area contributed by atoms with Crippen LogP contribution in [-0.4, -0.2) is 32.7 Å². The lowest BCUT2D eigenvalue weighted by Gasteiger charge is -2.20. The van der Waals surface area contributed by atoms with Crippen LogP contribution in [0.4, 0.5) is 0 Å². The molecule has 0 radical (unpaired) electrons. The van der Waals surface area contributed by atoms with E-state index in [-0.39, 0.29) is 12.1 Å². The van der Waals surface area contributed by atoms with Crippen LogP contribution in [0.5, 0.6) is 0 Å². The fourth-order valence-electron chi connectivity index (χ4n) is 1.82. The molecule has 15 heavy (non-hydrogen) atoms. The summed E-state index contributed by atoms with van der Waals surface area (Å²) in [6, 6.07) is 0. The Balaban J connectivity index is 1.92. The largest absolute Gasteiger partial charge is 0.394 e. The first-order valence-electron chi connectivity index (χ1n) is 4.98. The molecule has 0 saturated heterocycles. The number of nitrogens with two attached hydrogens (primary N) is 1. The van der Waals surface area contributed by atoms with Crippen LogP contribution < -0.4 is 5.73 Å². The summed E-state index contributed by atoms with van der Waals surface area (Å²) in [5.41, 5.74) is 5.65. The zero-order valence-corrected chi connectivity index (χ0v) is 10.3. The molecule has 4 nitrogen and oxygen atoms in total. The van der Waals surface area contributed by atoms with E-state index < -0.39 is 0 Å². The van der Waals surface area contributed by atoms with E-state index in [0.717, 1.165) is 28.6 Å². The zero-order chi connectivity index (χ0) is 10.9. The van der Waals surface area contributed by atoms with Gasteiger partial charge in [0.1, 0.15) is 5.01 Å². The quantitative estimate of drug-likeness (QED) is 0.836. The van der Waals surface area contributed by atoms with Crippen LogP contribution in [0, 0.1) is 6.92 Å². The predicted octanol–water partition coefficient (Wildman–Crippen LogP) is 1.18. The molecule has 1 saturated carbocycles. The van der Waals surface area contributed by atoms with Gasteiger partial charge in [-0.05, 0) is 26.2 Å². The minimum Gasteiger partial charge on any atom is -0.394 e. The Kier molecular flexibility index (Phi) is 3.30. The lowest BCUT2D eigenvalue weighted by molar-refractivity contribution is 0.200. The average Bonchev–Trinajstić information content (AvgIpc) is 2.76. The van der Waals surface area contributed by atoms with E-state index in [9.17, 15) is 0 Å². The van der Waals surface area contributed by atoms with Crippen molar-refractivity contribution in [2.75, 3.05) is 6.61 Å². The first-order valence-corrected chi connectivity index (χ1v) is 6.67. The smallest absolute Gasteiger partial charge is 0.174 e. The summed E-state index contributed by atoms with van der Waals surface area (Å²) in [5.74, 6) is 0. The van der Waals surface area contributed by atoms with Crippen LogP contribution in [0.1, 0.15) is 24.3 Å². The summed E-state index contributed by atoms with van der Waals surface area (Å²) in [4.78, 5) is 0. The summed E-state index contributed by atoms with van der Waals surface area (Å²) < 4.78 is 1.01. The Morgan fingerprint density at radius 2 is 2.47 bits per heavy atom. The van der Waals surface area contributed by atoms with Gasteiger partial charge in [0.15, 0.2) is 4.34 Å². The highest BCUT2D eigenvalue weighted by atomic mass is 32.2. The highest BCUT2D eigenvalue weighted by molar-refractivity contribution is 8.01. The Bertz CT molecular complexity index is 344. The monoisotopic (exact) mass is 245 g/mol. The molecule has 1 aromatic heterocycles. The standard InChI is InChI=1S/C9H15N3OS2/c1-6-11-12-8(14-6)15-7-2-3-9(10,4-7)5-13/h7,13H,2-5,10H2,1H3. The van der Waals surface area contributed by atoms with Crippen molar-refractivity contribution < 1.29 is 5.11 Å². The molecule has 1 fully saturated rings. The maximum Gasteiger partial charge on any atom is 0.174 e. The molecule has 84 valence electrons. The first-order chi connectivity index (χ1) is 7.11. The molecule has 1 aromatic rings. The number of thioether (sulfide) groups is 1. The zero-order valence-electron chi connectivity index (χ0n) is 8.64. The highest BCUT2D eigenvalue weighted by Crippen LogP contribution is 2.39. The van der Waals surface area contributed by atoms with Gasteiger partial charge < -0.3 is 10.8 Å². The van der Waals surface area contributed by atoms with Crippen molar-refractivity contribution in [1.82, 2.24) is 10.2 Å². The van der Waals surface area contributed by atoms with Crippen LogP contribution in [0.2, 0.25) is 0 Å². The maximum atomic E-state index is 9.15. The van der Waals surface area contributed by atoms with Gasteiger partial charge in [0.05, 0.1) is 6.61 Å². The summed E-state index contributed by atoms with van der Waals surface area (Å²) in [7, 11) is 0. The van der Waals surface area contributed by atoms with Crippen LogP contribution in [0.3, 0.4) is 0 Å². The van der Waals surface area contributed by atoms with E-state index in [1.165, 1.54) is 0 Å². The van der Waals surface area contributed by atoms with Gasteiger partial charge in [0.2, 0.25) is 0 Å². The van der Waals surface area contributed by atoms with Crippen molar-refractivity contribution in [3.05, 3.63) is 5.01 Å². The highest BCUT2D eigenvalue weighted by Gasteiger charge is 2.35. The third kappa shape index (κ3) is 2.69. The van der Waals surface area contributed by atoms with Gasteiger partial charge in [-0.3, -0.25) is 0 Å². The maximum absolute atomic E-state index is 9.15. The van der Waals surface area contributed by atoms with Crippen molar-refractivity contribution >= 4 is 23.1 Å². The Labute approximate surface area is 97.3 Å². The fraction of sp³-hybridized carbons (Fsp3) is 0.778. The third-order valence-corrected chi connectivity index (χ3v) is 4.88. The lowest BCUT2D eigenvalue weighted by atomic mass is 10.0. The summed E-state index contributed by atoms with van der Waals surface area (Å²) in [6.07, 6.45) is 2.83. The molecule has 0 bridgehead atoms. The van der Waals surface area contributed by atoms with E-state index in [1.54, 1.807) is 23.1 Å². The molecule has 3 N–H and O–H groups in total. The second-order valence-electron chi connectivity index (χ2n) is 4.09. The number of aromatic nitrogens is 2. The Morgan fingerprint density at radius 1 is 1.67 bits per heavy atom. The molecule has 2 rings (SSSR count). The van der Waals surface area contributed by atoms with Crippen molar-refractivity contribution in [1.29, 1.82) is 0 Å². The van der Waals surface area contributed by atoms with Crippen molar-refractivity contribution in [3.8, 4) is 0 Å². The van der Waals surface area contributed by atoms with Gasteiger partial charge in [-0.15, -0.1) is 10.2 Å². The van der Waals surface area contributed by atoms with E-state index in [1.807, 2.05) is 6.92 Å². The Hall–Kier alpha value is -0.170. The molecule has 1 aliphatic rings. The van der Waals surface area contributed by atoms with E-state index in [4.69, 9.17) is 10.8 Å². The van der Waals surface area contributed by atoms with Crippen LogP contribution in [0.25, 0.3) is 0 Å². The van der Waals surface area contributed by atoms with Crippen LogP contribution in [0.15, 0.2) is 4.34 Å².